The third-order valence-electron chi connectivity index (χ3n) is 5.83. The molecule has 2 unspecified atom stereocenters. The van der Waals surface area contributed by atoms with Crippen LogP contribution in [0.3, 0.4) is 0 Å². The summed E-state index contributed by atoms with van der Waals surface area (Å²) >= 11 is 5.95. The van der Waals surface area contributed by atoms with E-state index in [0.717, 1.165) is 17.7 Å². The molecule has 5 nitrogen and oxygen atoms in total. The zero-order valence-corrected chi connectivity index (χ0v) is 17.1. The monoisotopic (exact) mass is 450 g/mol. The molecule has 1 fully saturated rings. The number of likely N-dealkylation sites (tertiary alicyclic amines) is 1. The molecule has 162 valence electrons. The molecular formula is C22H20ClF3N3O2+. The Bertz CT molecular complexity index is 1080. The number of nitrogens with zero attached hydrogens (tertiary/aromatic N) is 3. The molecule has 2 atom stereocenters. The summed E-state index contributed by atoms with van der Waals surface area (Å²) in [5.74, 6) is 0.592. The maximum atomic E-state index is 13.0. The highest BCUT2D eigenvalue weighted by atomic mass is 35.5. The number of carbonyl (C=O) groups is 1. The van der Waals surface area contributed by atoms with Crippen molar-refractivity contribution >= 4 is 23.4 Å². The van der Waals surface area contributed by atoms with Gasteiger partial charge in [0.05, 0.1) is 12.1 Å². The minimum Gasteiger partial charge on any atom is -0.435 e. The summed E-state index contributed by atoms with van der Waals surface area (Å²) in [6.45, 7) is 0.759. The number of rotatable bonds is 4. The first kappa shape index (κ1) is 21.4. The lowest BCUT2D eigenvalue weighted by atomic mass is 10.1. The number of amides is 1. The van der Waals surface area contributed by atoms with Crippen LogP contribution in [0.1, 0.15) is 35.8 Å². The van der Waals surface area contributed by atoms with Crippen molar-refractivity contribution in [3.8, 4) is 0 Å². The summed E-state index contributed by atoms with van der Waals surface area (Å²) in [5, 5.41) is 10.8. The molecule has 4 rings (SSSR count). The van der Waals surface area contributed by atoms with E-state index in [2.05, 4.69) is 4.98 Å². The standard InChI is InChI=1S/C22H19ClF3N3O2/c23-17-7-3-15(4-8-17)14-28-12-11-27-20(28)19-2-1-13-29(19,21(30)31)18-9-5-16(6-10-18)22(24,25)26/h3-12,19H,1-2,13-14H2/p+1. The molecule has 1 amide bonds. The van der Waals surface area contributed by atoms with E-state index >= 15 is 0 Å². The van der Waals surface area contributed by atoms with Gasteiger partial charge in [-0.05, 0) is 29.8 Å². The number of hydrogen-bond donors (Lipinski definition) is 1. The van der Waals surface area contributed by atoms with Gasteiger partial charge < -0.3 is 9.67 Å². The van der Waals surface area contributed by atoms with E-state index in [-0.39, 0.29) is 6.54 Å². The van der Waals surface area contributed by atoms with Crippen molar-refractivity contribution in [1.82, 2.24) is 14.0 Å². The second-order valence-electron chi connectivity index (χ2n) is 7.62. The van der Waals surface area contributed by atoms with Crippen LogP contribution in [0.25, 0.3) is 0 Å². The molecule has 0 spiro atoms. The number of halogens is 4. The number of quaternary nitrogens is 1. The van der Waals surface area contributed by atoms with Crippen molar-refractivity contribution in [3.05, 3.63) is 82.9 Å². The molecular weight excluding hydrogens is 431 g/mol. The normalized spacial score (nSPS) is 21.4. The number of aromatic nitrogens is 2. The number of hydrogen-bond acceptors (Lipinski definition) is 2. The molecule has 3 aromatic rings. The van der Waals surface area contributed by atoms with Gasteiger partial charge in [0.2, 0.25) is 0 Å². The second kappa shape index (κ2) is 8.01. The molecule has 0 bridgehead atoms. The van der Waals surface area contributed by atoms with E-state index < -0.39 is 28.4 Å². The summed E-state index contributed by atoms with van der Waals surface area (Å²) in [7, 11) is 0. The Morgan fingerprint density at radius 2 is 1.84 bits per heavy atom. The average molecular weight is 451 g/mol. The lowest BCUT2D eigenvalue weighted by Gasteiger charge is -2.33. The third-order valence-corrected chi connectivity index (χ3v) is 6.08. The molecule has 1 saturated heterocycles. The molecule has 1 aromatic heterocycles. The highest BCUT2D eigenvalue weighted by Crippen LogP contribution is 2.44. The van der Waals surface area contributed by atoms with Crippen molar-refractivity contribution in [3.63, 3.8) is 0 Å². The second-order valence-corrected chi connectivity index (χ2v) is 8.05. The highest BCUT2D eigenvalue weighted by molar-refractivity contribution is 6.30. The van der Waals surface area contributed by atoms with Gasteiger partial charge in [-0.2, -0.15) is 22.4 Å². The number of benzene rings is 2. The predicted molar refractivity (Wildman–Crippen MR) is 111 cm³/mol. The zero-order valence-electron chi connectivity index (χ0n) is 16.4. The Morgan fingerprint density at radius 3 is 2.45 bits per heavy atom. The van der Waals surface area contributed by atoms with Crippen LogP contribution in [0, 0.1) is 0 Å². The number of carboxylic acid groups (broad SMARTS) is 1. The summed E-state index contributed by atoms with van der Waals surface area (Å²) in [6, 6.07) is 11.2. The van der Waals surface area contributed by atoms with Crippen molar-refractivity contribution in [2.24, 2.45) is 0 Å². The van der Waals surface area contributed by atoms with E-state index in [4.69, 9.17) is 11.6 Å². The van der Waals surface area contributed by atoms with Gasteiger partial charge in [0.25, 0.3) is 0 Å². The first-order valence-electron chi connectivity index (χ1n) is 9.76. The van der Waals surface area contributed by atoms with E-state index in [1.807, 2.05) is 16.7 Å². The summed E-state index contributed by atoms with van der Waals surface area (Å²) < 4.78 is 40.4. The summed E-state index contributed by atoms with van der Waals surface area (Å²) in [5.41, 5.74) is 0.480. The summed E-state index contributed by atoms with van der Waals surface area (Å²) in [6.07, 6.45) is -1.01. The SMILES string of the molecule is O=C(O)[N+]1(c2ccc(C(F)(F)F)cc2)CCCC1c1nccn1Cc1ccc(Cl)cc1. The van der Waals surface area contributed by atoms with Gasteiger partial charge in [0.1, 0.15) is 5.69 Å². The van der Waals surface area contributed by atoms with Crippen LogP contribution < -0.4 is 4.48 Å². The Morgan fingerprint density at radius 1 is 1.16 bits per heavy atom. The fourth-order valence-corrected chi connectivity index (χ4v) is 4.47. The van der Waals surface area contributed by atoms with Crippen LogP contribution in [0.2, 0.25) is 5.02 Å². The van der Waals surface area contributed by atoms with Crippen LogP contribution in [-0.2, 0) is 12.7 Å². The predicted octanol–water partition coefficient (Wildman–Crippen LogP) is 6.12. The van der Waals surface area contributed by atoms with Gasteiger partial charge >= 0.3 is 12.3 Å². The first-order valence-corrected chi connectivity index (χ1v) is 10.1. The van der Waals surface area contributed by atoms with Gasteiger partial charge in [0.15, 0.2) is 11.9 Å². The third kappa shape index (κ3) is 3.93. The van der Waals surface area contributed by atoms with Crippen LogP contribution in [-0.4, -0.2) is 27.3 Å². The topological polar surface area (TPSA) is 55.1 Å². The molecule has 0 saturated carbocycles. The molecule has 1 aliphatic rings. The molecule has 0 radical (unpaired) electrons. The first-order chi connectivity index (χ1) is 14.7. The van der Waals surface area contributed by atoms with E-state index in [9.17, 15) is 23.1 Å². The van der Waals surface area contributed by atoms with Crippen molar-refractivity contribution in [2.45, 2.75) is 31.6 Å². The van der Waals surface area contributed by atoms with Crippen molar-refractivity contribution in [2.75, 3.05) is 6.54 Å². The molecule has 2 heterocycles. The van der Waals surface area contributed by atoms with Gasteiger partial charge in [-0.1, -0.05) is 23.7 Å². The minimum atomic E-state index is -4.48. The smallest absolute Gasteiger partial charge is 0.435 e. The molecule has 0 aliphatic carbocycles. The van der Waals surface area contributed by atoms with Gasteiger partial charge in [-0.15, -0.1) is 0 Å². The van der Waals surface area contributed by atoms with E-state index in [0.29, 0.717) is 35.9 Å². The van der Waals surface area contributed by atoms with Crippen LogP contribution in [0.4, 0.5) is 23.7 Å². The Labute approximate surface area is 181 Å². The maximum Gasteiger partial charge on any atom is 0.519 e. The molecule has 2 aromatic carbocycles. The van der Waals surface area contributed by atoms with Gasteiger partial charge in [0, 0.05) is 48.9 Å². The zero-order chi connectivity index (χ0) is 22.2. The highest BCUT2D eigenvalue weighted by Gasteiger charge is 2.53. The fraction of sp³-hybridized carbons (Fsp3) is 0.273. The van der Waals surface area contributed by atoms with Crippen molar-refractivity contribution < 1.29 is 23.1 Å². The summed E-state index contributed by atoms with van der Waals surface area (Å²) in [4.78, 5) is 17.0. The van der Waals surface area contributed by atoms with E-state index in [1.165, 1.54) is 12.1 Å². The number of imidazole rings is 1. The fourth-order valence-electron chi connectivity index (χ4n) is 4.34. The average Bonchev–Trinajstić information content (AvgIpc) is 3.36. The quantitative estimate of drug-likeness (QED) is 0.487. The minimum absolute atomic E-state index is 0.277. The lowest BCUT2D eigenvalue weighted by Crippen LogP contribution is -2.53. The largest absolute Gasteiger partial charge is 0.519 e. The molecule has 1 aliphatic heterocycles. The van der Waals surface area contributed by atoms with Crippen LogP contribution >= 0.6 is 11.6 Å². The van der Waals surface area contributed by atoms with Gasteiger partial charge in [-0.3, -0.25) is 0 Å². The molecule has 1 N–H and O–H groups in total. The molecule has 9 heteroatoms. The van der Waals surface area contributed by atoms with Crippen LogP contribution in [0.15, 0.2) is 60.9 Å². The Hall–Kier alpha value is -2.84. The lowest BCUT2D eigenvalue weighted by molar-refractivity contribution is -0.137. The van der Waals surface area contributed by atoms with E-state index in [1.54, 1.807) is 24.5 Å². The Balaban J connectivity index is 1.72. The maximum absolute atomic E-state index is 13.0. The Kier molecular flexibility index (Phi) is 5.53. The van der Waals surface area contributed by atoms with Crippen molar-refractivity contribution in [1.29, 1.82) is 0 Å². The molecule has 31 heavy (non-hydrogen) atoms. The van der Waals surface area contributed by atoms with Crippen LogP contribution in [0.5, 0.6) is 0 Å². The van der Waals surface area contributed by atoms with Gasteiger partial charge in [-0.25, -0.2) is 4.98 Å². The number of alkyl halides is 3.